The van der Waals surface area contributed by atoms with Gasteiger partial charge < -0.3 is 14.7 Å². The van der Waals surface area contributed by atoms with Gasteiger partial charge in [0.15, 0.2) is 0 Å². The van der Waals surface area contributed by atoms with Gasteiger partial charge in [-0.3, -0.25) is 0 Å². The van der Waals surface area contributed by atoms with Gasteiger partial charge in [-0.1, -0.05) is 19.1 Å². The largest absolute Gasteiger partial charge is 0.494 e. The molecule has 3 heteroatoms. The molecule has 1 rings (SSSR count). The van der Waals surface area contributed by atoms with Crippen molar-refractivity contribution in [1.29, 1.82) is 0 Å². The third-order valence-electron chi connectivity index (χ3n) is 3.83. The van der Waals surface area contributed by atoms with E-state index in [1.54, 1.807) is 0 Å². The molecule has 1 aromatic carbocycles. The van der Waals surface area contributed by atoms with Gasteiger partial charge in [0.2, 0.25) is 0 Å². The zero-order chi connectivity index (χ0) is 13.8. The van der Waals surface area contributed by atoms with Crippen LogP contribution in [0.15, 0.2) is 24.3 Å². The predicted molar refractivity (Wildman–Crippen MR) is 75.0 cm³/mol. The van der Waals surface area contributed by atoms with Crippen LogP contribution in [0.25, 0.3) is 0 Å². The summed E-state index contributed by atoms with van der Waals surface area (Å²) in [6, 6.07) is 7.70. The monoisotopic (exact) mass is 251 g/mol. The third-order valence-corrected chi connectivity index (χ3v) is 3.83. The Morgan fingerprint density at radius 2 is 1.78 bits per heavy atom. The van der Waals surface area contributed by atoms with Crippen molar-refractivity contribution in [2.75, 3.05) is 20.7 Å². The second-order valence-corrected chi connectivity index (χ2v) is 5.01. The summed E-state index contributed by atoms with van der Waals surface area (Å²) in [5, 5.41) is 10.5. The summed E-state index contributed by atoms with van der Waals surface area (Å²) in [6.45, 7) is 6.79. The Bertz CT molecular complexity index is 361. The summed E-state index contributed by atoms with van der Waals surface area (Å²) < 4.78 is 5.41. The normalized spacial score (nSPS) is 16.4. The lowest BCUT2D eigenvalue weighted by atomic mass is 9.86. The first-order valence-corrected chi connectivity index (χ1v) is 6.54. The first-order valence-electron chi connectivity index (χ1n) is 6.54. The molecular weight excluding hydrogens is 226 g/mol. The van der Waals surface area contributed by atoms with Crippen molar-refractivity contribution in [3.8, 4) is 5.75 Å². The standard InChI is InChI=1S/C15H25NO2/c1-6-15(3,16(4)5)14(17)12-8-10-13(11-9-12)18-7-2/h8-11,14,17H,6-7H2,1-5H3. The molecule has 0 fully saturated rings. The fourth-order valence-corrected chi connectivity index (χ4v) is 2.03. The van der Waals surface area contributed by atoms with E-state index in [0.717, 1.165) is 17.7 Å². The lowest BCUT2D eigenvalue weighted by Gasteiger charge is -2.40. The highest BCUT2D eigenvalue weighted by molar-refractivity contribution is 5.30. The van der Waals surface area contributed by atoms with Gasteiger partial charge in [0.05, 0.1) is 12.7 Å². The molecule has 2 atom stereocenters. The molecule has 1 N–H and O–H groups in total. The Hall–Kier alpha value is -1.06. The van der Waals surface area contributed by atoms with Crippen molar-refractivity contribution < 1.29 is 9.84 Å². The molecule has 0 aromatic heterocycles. The molecule has 0 radical (unpaired) electrons. The smallest absolute Gasteiger partial charge is 0.119 e. The summed E-state index contributed by atoms with van der Waals surface area (Å²) in [7, 11) is 4.00. The summed E-state index contributed by atoms with van der Waals surface area (Å²) in [5.41, 5.74) is 0.671. The quantitative estimate of drug-likeness (QED) is 0.844. The predicted octanol–water partition coefficient (Wildman–Crippen LogP) is 2.85. The molecule has 18 heavy (non-hydrogen) atoms. The zero-order valence-electron chi connectivity index (χ0n) is 12.1. The number of nitrogens with zero attached hydrogens (tertiary/aromatic N) is 1. The van der Waals surface area contributed by atoms with Crippen molar-refractivity contribution in [2.24, 2.45) is 0 Å². The summed E-state index contributed by atoms with van der Waals surface area (Å²) in [4.78, 5) is 2.08. The van der Waals surface area contributed by atoms with Gasteiger partial charge in [-0.05, 0) is 52.1 Å². The Labute approximate surface area is 110 Å². The lowest BCUT2D eigenvalue weighted by Crippen LogP contribution is -2.46. The van der Waals surface area contributed by atoms with Crippen LogP contribution in [0.1, 0.15) is 38.9 Å². The second kappa shape index (κ2) is 6.21. The van der Waals surface area contributed by atoms with E-state index < -0.39 is 6.10 Å². The van der Waals surface area contributed by atoms with Crippen LogP contribution < -0.4 is 4.74 Å². The Morgan fingerprint density at radius 3 is 2.17 bits per heavy atom. The van der Waals surface area contributed by atoms with Gasteiger partial charge in [-0.2, -0.15) is 0 Å². The Morgan fingerprint density at radius 1 is 1.22 bits per heavy atom. The third kappa shape index (κ3) is 3.03. The number of aliphatic hydroxyl groups is 1. The number of hydrogen-bond donors (Lipinski definition) is 1. The average Bonchev–Trinajstić information content (AvgIpc) is 2.38. The van der Waals surface area contributed by atoms with Crippen LogP contribution >= 0.6 is 0 Å². The molecule has 3 nitrogen and oxygen atoms in total. The molecule has 0 aliphatic heterocycles. The fraction of sp³-hybridized carbons (Fsp3) is 0.600. The number of benzene rings is 1. The minimum atomic E-state index is -0.506. The molecule has 0 aliphatic carbocycles. The van der Waals surface area contributed by atoms with E-state index in [4.69, 9.17) is 4.74 Å². The van der Waals surface area contributed by atoms with E-state index >= 15 is 0 Å². The molecule has 1 aromatic rings. The number of aliphatic hydroxyl groups excluding tert-OH is 1. The van der Waals surface area contributed by atoms with Crippen molar-refractivity contribution in [3.05, 3.63) is 29.8 Å². The maximum atomic E-state index is 10.5. The summed E-state index contributed by atoms with van der Waals surface area (Å²) in [5.74, 6) is 0.844. The second-order valence-electron chi connectivity index (χ2n) is 5.01. The van der Waals surface area contributed by atoms with Crippen molar-refractivity contribution in [1.82, 2.24) is 4.90 Å². The number of hydrogen-bond acceptors (Lipinski definition) is 3. The zero-order valence-corrected chi connectivity index (χ0v) is 12.1. The molecule has 0 saturated heterocycles. The summed E-state index contributed by atoms with van der Waals surface area (Å²) in [6.07, 6.45) is 0.377. The Kier molecular flexibility index (Phi) is 5.17. The minimum Gasteiger partial charge on any atom is -0.494 e. The van der Waals surface area contributed by atoms with Crippen molar-refractivity contribution in [2.45, 2.75) is 38.8 Å². The first kappa shape index (κ1) is 15.0. The van der Waals surface area contributed by atoms with Crippen LogP contribution in [0, 0.1) is 0 Å². The van der Waals surface area contributed by atoms with Gasteiger partial charge in [0.25, 0.3) is 0 Å². The highest BCUT2D eigenvalue weighted by Crippen LogP contribution is 2.33. The average molecular weight is 251 g/mol. The minimum absolute atomic E-state index is 0.257. The van der Waals surface area contributed by atoms with Crippen LogP contribution in [0.2, 0.25) is 0 Å². The SMILES string of the molecule is CCOc1ccc(C(O)C(C)(CC)N(C)C)cc1. The van der Waals surface area contributed by atoms with E-state index in [1.165, 1.54) is 0 Å². The fourth-order valence-electron chi connectivity index (χ4n) is 2.03. The molecule has 0 saturated carbocycles. The van der Waals surface area contributed by atoms with Gasteiger partial charge in [0.1, 0.15) is 5.75 Å². The van der Waals surface area contributed by atoms with E-state index in [1.807, 2.05) is 45.3 Å². The first-order chi connectivity index (χ1) is 8.45. The van der Waals surface area contributed by atoms with E-state index in [0.29, 0.717) is 6.61 Å². The lowest BCUT2D eigenvalue weighted by molar-refractivity contribution is 0.000844. The van der Waals surface area contributed by atoms with E-state index in [9.17, 15) is 5.11 Å². The molecule has 0 bridgehead atoms. The van der Waals surface area contributed by atoms with Gasteiger partial charge in [-0.15, -0.1) is 0 Å². The molecule has 0 amide bonds. The van der Waals surface area contributed by atoms with E-state index in [-0.39, 0.29) is 5.54 Å². The maximum Gasteiger partial charge on any atom is 0.119 e. The number of ether oxygens (including phenoxy) is 1. The maximum absolute atomic E-state index is 10.5. The summed E-state index contributed by atoms with van der Waals surface area (Å²) >= 11 is 0. The van der Waals surface area contributed by atoms with Crippen LogP contribution in [0.5, 0.6) is 5.75 Å². The highest BCUT2D eigenvalue weighted by atomic mass is 16.5. The Balaban J connectivity index is 2.92. The molecule has 0 spiro atoms. The molecule has 0 aliphatic rings. The van der Waals surface area contributed by atoms with E-state index in [2.05, 4.69) is 18.7 Å². The molecule has 2 unspecified atom stereocenters. The molecule has 0 heterocycles. The number of rotatable bonds is 6. The van der Waals surface area contributed by atoms with Crippen molar-refractivity contribution in [3.63, 3.8) is 0 Å². The molecular formula is C15H25NO2. The topological polar surface area (TPSA) is 32.7 Å². The van der Waals surface area contributed by atoms with Crippen LogP contribution in [-0.4, -0.2) is 36.2 Å². The number of likely N-dealkylation sites (N-methyl/N-ethyl adjacent to an activating group) is 1. The van der Waals surface area contributed by atoms with Crippen LogP contribution in [0.4, 0.5) is 0 Å². The van der Waals surface area contributed by atoms with Crippen molar-refractivity contribution >= 4 is 0 Å². The highest BCUT2D eigenvalue weighted by Gasteiger charge is 2.34. The molecule has 102 valence electrons. The van der Waals surface area contributed by atoms with Gasteiger partial charge in [0, 0.05) is 5.54 Å². The van der Waals surface area contributed by atoms with Crippen LogP contribution in [0.3, 0.4) is 0 Å². The van der Waals surface area contributed by atoms with Gasteiger partial charge in [-0.25, -0.2) is 0 Å². The van der Waals surface area contributed by atoms with Crippen LogP contribution in [-0.2, 0) is 0 Å². The van der Waals surface area contributed by atoms with Gasteiger partial charge >= 0.3 is 0 Å².